The van der Waals surface area contributed by atoms with Gasteiger partial charge >= 0.3 is 139 Å². The fourth-order valence-electron chi connectivity index (χ4n) is 2.12. The molecule has 0 atom stereocenters. The molecule has 3 rings (SSSR count). The van der Waals surface area contributed by atoms with Crippen molar-refractivity contribution in [3.63, 3.8) is 0 Å². The van der Waals surface area contributed by atoms with Crippen LogP contribution < -0.4 is -3.01 Å². The fourth-order valence-corrected chi connectivity index (χ4v) is 4.09. The van der Waals surface area contributed by atoms with Crippen molar-refractivity contribution in [2.75, 3.05) is 0 Å². The Morgan fingerprint density at radius 3 is 2.13 bits per heavy atom. The van der Waals surface area contributed by atoms with Crippen molar-refractivity contribution < 1.29 is 0 Å². The predicted molar refractivity (Wildman–Crippen MR) is 66.8 cm³/mol. The van der Waals surface area contributed by atoms with Gasteiger partial charge in [0.25, 0.3) is 0 Å². The third-order valence-electron chi connectivity index (χ3n) is 2.96. The van der Waals surface area contributed by atoms with Crippen LogP contribution in [-0.2, 0) is 0 Å². The average molecular weight is 310 g/mol. The number of rotatable bonds is 0. The monoisotopic (exact) mass is 310 g/mol. The molecule has 0 heterocycles. The van der Waals surface area contributed by atoms with Crippen LogP contribution in [-0.4, -0.2) is 65.9 Å². The van der Waals surface area contributed by atoms with Crippen LogP contribution in [0.15, 0.2) is 54.6 Å². The summed E-state index contributed by atoms with van der Waals surface area (Å²) < 4.78 is 1.57. The van der Waals surface area contributed by atoms with Gasteiger partial charge in [-0.3, -0.25) is 0 Å². The quantitative estimate of drug-likeness (QED) is 0.560. The summed E-state index contributed by atoms with van der Waals surface area (Å²) in [5, 5.41) is 5.53. The molecule has 66 valence electrons. The first-order valence-electron chi connectivity index (χ1n) is 5.23. The summed E-state index contributed by atoms with van der Waals surface area (Å²) in [5.74, 6) is 0. The molecule has 15 heavy (non-hydrogen) atoms. The molecular formula is C14H9Cs. The van der Waals surface area contributed by atoms with Gasteiger partial charge in [0.2, 0.25) is 0 Å². The van der Waals surface area contributed by atoms with E-state index in [9.17, 15) is 0 Å². The van der Waals surface area contributed by atoms with E-state index in [1.165, 1.54) is 21.5 Å². The number of fused-ring (bicyclic) bond motifs is 2. The Bertz CT molecular complexity index is 641. The number of benzene rings is 3. The van der Waals surface area contributed by atoms with E-state index in [-0.39, 0.29) is 0 Å². The Labute approximate surface area is 136 Å². The van der Waals surface area contributed by atoms with E-state index in [0.717, 1.165) is 0 Å². The van der Waals surface area contributed by atoms with Crippen molar-refractivity contribution in [3.8, 4) is 0 Å². The summed E-state index contributed by atoms with van der Waals surface area (Å²) in [6.45, 7) is 0. The summed E-state index contributed by atoms with van der Waals surface area (Å²) >= 11 is 0.482. The summed E-state index contributed by atoms with van der Waals surface area (Å²) in [6.07, 6.45) is 0. The van der Waals surface area contributed by atoms with Crippen LogP contribution in [0.1, 0.15) is 0 Å². The summed E-state index contributed by atoms with van der Waals surface area (Å²) in [7, 11) is 0. The first kappa shape index (κ1) is 10.4. The normalized spacial score (nSPS) is 11.1. The third-order valence-corrected chi connectivity index (χ3v) is 5.70. The zero-order valence-corrected chi connectivity index (χ0v) is 15.0. The topological polar surface area (TPSA) is 0 Å². The van der Waals surface area contributed by atoms with E-state index in [0.29, 0.717) is 65.9 Å². The molecule has 0 aliphatic rings. The molecule has 0 aliphatic heterocycles. The van der Waals surface area contributed by atoms with Gasteiger partial charge in [-0.15, -0.1) is 0 Å². The van der Waals surface area contributed by atoms with Crippen LogP contribution in [0.5, 0.6) is 0 Å². The van der Waals surface area contributed by atoms with Crippen molar-refractivity contribution in [3.05, 3.63) is 54.6 Å². The van der Waals surface area contributed by atoms with E-state index >= 15 is 0 Å². The van der Waals surface area contributed by atoms with Gasteiger partial charge in [-0.05, 0) is 0 Å². The molecule has 0 spiro atoms. The Morgan fingerprint density at radius 1 is 0.667 bits per heavy atom. The molecule has 0 nitrogen and oxygen atoms in total. The van der Waals surface area contributed by atoms with Crippen molar-refractivity contribution in [1.82, 2.24) is 0 Å². The molecule has 0 bridgehead atoms. The van der Waals surface area contributed by atoms with Crippen molar-refractivity contribution in [2.45, 2.75) is 0 Å². The van der Waals surface area contributed by atoms with Gasteiger partial charge in [-0.25, -0.2) is 0 Å². The molecule has 0 radical (unpaired) electrons. The first-order valence-corrected chi connectivity index (χ1v) is 8.37. The SMILES string of the molecule is [Cs][c]1cccc2cc3ccccc3cc12. The van der Waals surface area contributed by atoms with Crippen LogP contribution in [0.3, 0.4) is 0 Å². The Balaban J connectivity index is 2.53. The first-order chi connectivity index (χ1) is 7.34. The van der Waals surface area contributed by atoms with Crippen LogP contribution >= 0.6 is 0 Å². The van der Waals surface area contributed by atoms with Gasteiger partial charge in [0, 0.05) is 0 Å². The van der Waals surface area contributed by atoms with E-state index in [1.54, 1.807) is -3.01 Å². The van der Waals surface area contributed by atoms with Gasteiger partial charge < -0.3 is 0 Å². The molecule has 3 aromatic carbocycles. The van der Waals surface area contributed by atoms with E-state index in [1.807, 2.05) is 0 Å². The van der Waals surface area contributed by atoms with E-state index < -0.39 is 0 Å². The second-order valence-corrected chi connectivity index (χ2v) is 7.38. The van der Waals surface area contributed by atoms with Crippen LogP contribution in [0.4, 0.5) is 0 Å². The Hall–Kier alpha value is 0.232. The van der Waals surface area contributed by atoms with Crippen molar-refractivity contribution in [2.24, 2.45) is 0 Å². The zero-order chi connectivity index (χ0) is 10.3. The molecule has 0 saturated heterocycles. The molecule has 0 fully saturated rings. The molecule has 0 aromatic heterocycles. The van der Waals surface area contributed by atoms with E-state index in [2.05, 4.69) is 54.6 Å². The summed E-state index contributed by atoms with van der Waals surface area (Å²) in [6, 6.07) is 19.9. The zero-order valence-electron chi connectivity index (χ0n) is 8.70. The van der Waals surface area contributed by atoms with Gasteiger partial charge in [0.1, 0.15) is 0 Å². The van der Waals surface area contributed by atoms with Crippen molar-refractivity contribution in [1.29, 1.82) is 0 Å². The molecular weight excluding hydrogens is 301 g/mol. The molecule has 0 unspecified atom stereocenters. The molecule has 0 N–H and O–H groups in total. The van der Waals surface area contributed by atoms with Gasteiger partial charge in [-0.2, -0.15) is 0 Å². The van der Waals surface area contributed by atoms with Gasteiger partial charge in [0.05, 0.1) is 0 Å². The minimum absolute atomic E-state index is 0.482. The van der Waals surface area contributed by atoms with Gasteiger partial charge in [0.15, 0.2) is 0 Å². The molecule has 0 saturated carbocycles. The maximum absolute atomic E-state index is 2.33. The maximum atomic E-state index is 2.33. The number of hydrogen-bond acceptors (Lipinski definition) is 0. The van der Waals surface area contributed by atoms with Crippen LogP contribution in [0.2, 0.25) is 0 Å². The van der Waals surface area contributed by atoms with Crippen LogP contribution in [0.25, 0.3) is 21.5 Å². The Kier molecular flexibility index (Phi) is 2.94. The number of hydrogen-bond donors (Lipinski definition) is 0. The molecule has 1 heteroatoms. The predicted octanol–water partition coefficient (Wildman–Crippen LogP) is 2.79. The second-order valence-electron chi connectivity index (χ2n) is 4.00. The average Bonchev–Trinajstić information content (AvgIpc) is 2.27. The van der Waals surface area contributed by atoms with Gasteiger partial charge in [-0.1, -0.05) is 0 Å². The third kappa shape index (κ3) is 1.93. The fraction of sp³-hybridized carbons (Fsp3) is 0. The van der Waals surface area contributed by atoms with E-state index in [4.69, 9.17) is 0 Å². The Morgan fingerprint density at radius 2 is 1.33 bits per heavy atom. The summed E-state index contributed by atoms with van der Waals surface area (Å²) in [4.78, 5) is 0. The van der Waals surface area contributed by atoms with Crippen LogP contribution in [0, 0.1) is 0 Å². The summed E-state index contributed by atoms with van der Waals surface area (Å²) in [5.41, 5.74) is 0. The second kappa shape index (κ2) is 4.24. The van der Waals surface area contributed by atoms with Crippen molar-refractivity contribution >= 4 is 84.5 Å². The molecule has 0 amide bonds. The minimum atomic E-state index is 0.482. The molecule has 0 aliphatic carbocycles. The standard InChI is InChI=1S/C14H9.Cs/c1-2-6-12-10-14-8-4-3-7-13(14)9-11(12)5-1;/h1-7,9-10H;. The molecule has 3 aromatic rings.